The molecule has 0 radical (unpaired) electrons. The molecule has 0 saturated carbocycles. The van der Waals surface area contributed by atoms with Crippen molar-refractivity contribution >= 4 is 5.96 Å². The van der Waals surface area contributed by atoms with Crippen LogP contribution < -0.4 is 25.3 Å². The van der Waals surface area contributed by atoms with Crippen LogP contribution in [0.2, 0.25) is 0 Å². The zero-order valence-electron chi connectivity index (χ0n) is 14.4. The van der Waals surface area contributed by atoms with Crippen LogP contribution in [0.25, 0.3) is 0 Å². The number of para-hydroxylation sites is 1. The van der Waals surface area contributed by atoms with Crippen LogP contribution in [0.3, 0.4) is 0 Å². The van der Waals surface area contributed by atoms with Crippen molar-refractivity contribution in [3.8, 4) is 17.5 Å². The number of nitrogens with two attached hydrogens (primary N) is 1. The lowest BCUT2D eigenvalue weighted by molar-refractivity contribution is 0.262. The molecule has 1 aromatic heterocycles. The summed E-state index contributed by atoms with van der Waals surface area (Å²) in [7, 11) is 3.13. The van der Waals surface area contributed by atoms with Gasteiger partial charge in [-0.25, -0.2) is 4.99 Å². The average molecular weight is 342 g/mol. The van der Waals surface area contributed by atoms with E-state index in [1.807, 2.05) is 30.3 Å². The van der Waals surface area contributed by atoms with Gasteiger partial charge in [-0.1, -0.05) is 18.2 Å². The van der Waals surface area contributed by atoms with Crippen molar-refractivity contribution in [1.82, 2.24) is 10.3 Å². The summed E-state index contributed by atoms with van der Waals surface area (Å²) in [5, 5.41) is 3.27. The highest BCUT2D eigenvalue weighted by Gasteiger charge is 2.21. The molecule has 0 fully saturated rings. The molecule has 1 aromatic carbocycles. The van der Waals surface area contributed by atoms with Crippen molar-refractivity contribution in [3.05, 3.63) is 47.5 Å². The molecule has 1 atom stereocenters. The maximum Gasteiger partial charge on any atom is 0.221 e. The van der Waals surface area contributed by atoms with E-state index in [0.717, 1.165) is 23.3 Å². The number of aromatic nitrogens is 1. The highest BCUT2D eigenvalue weighted by molar-refractivity contribution is 5.78. The van der Waals surface area contributed by atoms with E-state index in [1.54, 1.807) is 20.3 Å². The zero-order valence-corrected chi connectivity index (χ0v) is 14.4. The largest absolute Gasteiger partial charge is 0.493 e. The Morgan fingerprint density at radius 2 is 2.12 bits per heavy atom. The Balaban J connectivity index is 1.69. The first-order valence-electron chi connectivity index (χ1n) is 8.07. The van der Waals surface area contributed by atoms with Gasteiger partial charge in [-0.3, -0.25) is 0 Å². The van der Waals surface area contributed by atoms with Gasteiger partial charge in [0.05, 0.1) is 33.4 Å². The van der Waals surface area contributed by atoms with Crippen LogP contribution >= 0.6 is 0 Å². The van der Waals surface area contributed by atoms with E-state index in [-0.39, 0.29) is 6.04 Å². The number of nitrogens with one attached hydrogen (secondary N) is 1. The fraction of sp³-hybridized carbons (Fsp3) is 0.333. The van der Waals surface area contributed by atoms with E-state index < -0.39 is 0 Å². The molecular formula is C18H22N4O3. The van der Waals surface area contributed by atoms with E-state index in [0.29, 0.717) is 30.9 Å². The first-order valence-corrected chi connectivity index (χ1v) is 8.07. The van der Waals surface area contributed by atoms with Gasteiger partial charge in [0.25, 0.3) is 0 Å². The van der Waals surface area contributed by atoms with Gasteiger partial charge in [0.1, 0.15) is 5.75 Å². The van der Waals surface area contributed by atoms with E-state index in [4.69, 9.17) is 19.9 Å². The molecule has 0 aliphatic carbocycles. The third kappa shape index (κ3) is 3.93. The molecular weight excluding hydrogens is 320 g/mol. The Kier molecular flexibility index (Phi) is 5.23. The summed E-state index contributed by atoms with van der Waals surface area (Å²) in [5.74, 6) is 2.24. The number of ether oxygens (including phenoxy) is 3. The van der Waals surface area contributed by atoms with Gasteiger partial charge < -0.3 is 25.3 Å². The molecule has 132 valence electrons. The van der Waals surface area contributed by atoms with Gasteiger partial charge in [0, 0.05) is 23.6 Å². The number of fused-ring (bicyclic) bond motifs is 1. The van der Waals surface area contributed by atoms with E-state index >= 15 is 0 Å². The van der Waals surface area contributed by atoms with Crippen LogP contribution in [0, 0.1) is 0 Å². The van der Waals surface area contributed by atoms with Crippen LogP contribution in [0.1, 0.15) is 23.6 Å². The molecule has 2 heterocycles. The Morgan fingerprint density at radius 3 is 2.92 bits per heavy atom. The Labute approximate surface area is 146 Å². The summed E-state index contributed by atoms with van der Waals surface area (Å²) in [6.45, 7) is 1.02. The number of benzene rings is 1. The third-order valence-electron chi connectivity index (χ3n) is 4.02. The number of guanidine groups is 1. The van der Waals surface area contributed by atoms with Gasteiger partial charge in [-0.2, -0.15) is 4.98 Å². The van der Waals surface area contributed by atoms with Crippen molar-refractivity contribution in [2.24, 2.45) is 10.7 Å². The van der Waals surface area contributed by atoms with Gasteiger partial charge in [-0.15, -0.1) is 0 Å². The summed E-state index contributed by atoms with van der Waals surface area (Å²) in [4.78, 5) is 8.65. The summed E-state index contributed by atoms with van der Waals surface area (Å²) in [5.41, 5.74) is 8.00. The molecule has 1 aliphatic rings. The standard InChI is InChI=1S/C18H22N4O3/c1-23-16-8-7-12(17(22-16)24-2)11-20-18(19)21-14-9-10-25-15-6-4-3-5-13(14)15/h3-8,14H,9-11H2,1-2H3,(H3,19,20,21). The Morgan fingerprint density at radius 1 is 1.28 bits per heavy atom. The molecule has 0 spiro atoms. The monoisotopic (exact) mass is 342 g/mol. The van der Waals surface area contributed by atoms with Crippen LogP contribution in [-0.4, -0.2) is 31.8 Å². The van der Waals surface area contributed by atoms with E-state index in [1.165, 1.54) is 0 Å². The van der Waals surface area contributed by atoms with Gasteiger partial charge >= 0.3 is 0 Å². The molecule has 0 amide bonds. The summed E-state index contributed by atoms with van der Waals surface area (Å²) in [6.07, 6.45) is 0.834. The van der Waals surface area contributed by atoms with E-state index in [9.17, 15) is 0 Å². The second-order valence-electron chi connectivity index (χ2n) is 5.60. The molecule has 0 bridgehead atoms. The minimum atomic E-state index is 0.0876. The minimum Gasteiger partial charge on any atom is -0.493 e. The van der Waals surface area contributed by atoms with Crippen LogP contribution in [-0.2, 0) is 6.54 Å². The lowest BCUT2D eigenvalue weighted by atomic mass is 10.0. The fourth-order valence-corrected chi connectivity index (χ4v) is 2.75. The smallest absolute Gasteiger partial charge is 0.221 e. The first kappa shape index (κ1) is 16.9. The Hall–Kier alpha value is -2.96. The maximum absolute atomic E-state index is 6.07. The predicted molar refractivity (Wildman–Crippen MR) is 95.1 cm³/mol. The Bertz CT molecular complexity index is 764. The number of aliphatic imine (C=N–C) groups is 1. The molecule has 7 heteroatoms. The molecule has 3 N–H and O–H groups in total. The number of rotatable bonds is 5. The summed E-state index contributed by atoms with van der Waals surface area (Å²) < 4.78 is 16.0. The van der Waals surface area contributed by atoms with Gasteiger partial charge in [-0.05, 0) is 12.1 Å². The first-order chi connectivity index (χ1) is 12.2. The topological polar surface area (TPSA) is 91.0 Å². The second kappa shape index (κ2) is 7.74. The third-order valence-corrected chi connectivity index (χ3v) is 4.02. The fourth-order valence-electron chi connectivity index (χ4n) is 2.75. The SMILES string of the molecule is COc1ccc(CN=C(N)NC2CCOc3ccccc32)c(OC)n1. The number of hydrogen-bond acceptors (Lipinski definition) is 5. The second-order valence-corrected chi connectivity index (χ2v) is 5.60. The van der Waals surface area contributed by atoms with Crippen LogP contribution in [0.15, 0.2) is 41.4 Å². The molecule has 7 nitrogen and oxygen atoms in total. The van der Waals surface area contributed by atoms with Crippen molar-refractivity contribution in [2.45, 2.75) is 19.0 Å². The van der Waals surface area contributed by atoms with Crippen molar-refractivity contribution in [1.29, 1.82) is 0 Å². The zero-order chi connectivity index (χ0) is 17.6. The van der Waals surface area contributed by atoms with Crippen molar-refractivity contribution < 1.29 is 14.2 Å². The lowest BCUT2D eigenvalue weighted by Gasteiger charge is -2.26. The normalized spacial score (nSPS) is 16.6. The van der Waals surface area contributed by atoms with Crippen LogP contribution in [0.4, 0.5) is 0 Å². The molecule has 2 aromatic rings. The average Bonchev–Trinajstić information content (AvgIpc) is 2.66. The summed E-state index contributed by atoms with van der Waals surface area (Å²) in [6, 6.07) is 11.7. The van der Waals surface area contributed by atoms with Crippen LogP contribution in [0.5, 0.6) is 17.5 Å². The quantitative estimate of drug-likeness (QED) is 0.638. The van der Waals surface area contributed by atoms with Gasteiger partial charge in [0.2, 0.25) is 11.8 Å². The number of nitrogens with zero attached hydrogens (tertiary/aromatic N) is 2. The van der Waals surface area contributed by atoms with Crippen molar-refractivity contribution in [2.75, 3.05) is 20.8 Å². The molecule has 0 saturated heterocycles. The number of pyridine rings is 1. The highest BCUT2D eigenvalue weighted by atomic mass is 16.5. The summed E-state index contributed by atoms with van der Waals surface area (Å²) >= 11 is 0. The predicted octanol–water partition coefficient (Wildman–Crippen LogP) is 2.03. The highest BCUT2D eigenvalue weighted by Crippen LogP contribution is 2.31. The molecule has 1 unspecified atom stereocenters. The molecule has 1 aliphatic heterocycles. The minimum absolute atomic E-state index is 0.0876. The van der Waals surface area contributed by atoms with Crippen molar-refractivity contribution in [3.63, 3.8) is 0 Å². The maximum atomic E-state index is 6.07. The van der Waals surface area contributed by atoms with E-state index in [2.05, 4.69) is 15.3 Å². The van der Waals surface area contributed by atoms with Gasteiger partial charge in [0.15, 0.2) is 5.96 Å². The lowest BCUT2D eigenvalue weighted by Crippen LogP contribution is -2.37. The molecule has 25 heavy (non-hydrogen) atoms. The number of hydrogen-bond donors (Lipinski definition) is 2. The molecule has 3 rings (SSSR count). The number of methoxy groups -OCH3 is 2.